The van der Waals surface area contributed by atoms with E-state index in [0.717, 1.165) is 0 Å². The Morgan fingerprint density at radius 3 is 2.16 bits per heavy atom. The SMILES string of the molecule is CSCC[C@H](NC(=O)[C@H](CC(C)C)NC(=O)[C@H](Cc1cnc[nH]1)NC(=O)CNC(=O)[C@@H](N)C(C)C)C(=O)O. The van der Waals surface area contributed by atoms with E-state index in [1.165, 1.54) is 24.3 Å². The number of rotatable bonds is 17. The minimum absolute atomic E-state index is 0.00144. The number of aromatic nitrogens is 2. The second kappa shape index (κ2) is 16.7. The predicted molar refractivity (Wildman–Crippen MR) is 144 cm³/mol. The number of nitrogens with two attached hydrogens (primary N) is 1. The first-order valence-electron chi connectivity index (χ1n) is 12.5. The van der Waals surface area contributed by atoms with E-state index in [4.69, 9.17) is 5.73 Å². The van der Waals surface area contributed by atoms with Gasteiger partial charge in [0.1, 0.15) is 18.1 Å². The van der Waals surface area contributed by atoms with Crippen molar-refractivity contribution in [2.75, 3.05) is 18.6 Å². The fraction of sp³-hybridized carbons (Fsp3) is 0.667. The summed E-state index contributed by atoms with van der Waals surface area (Å²) < 4.78 is 0. The van der Waals surface area contributed by atoms with Crippen molar-refractivity contribution < 1.29 is 29.1 Å². The molecule has 1 aromatic heterocycles. The van der Waals surface area contributed by atoms with Crippen molar-refractivity contribution in [3.05, 3.63) is 18.2 Å². The molecule has 0 spiro atoms. The maximum absolute atomic E-state index is 13.3. The molecule has 0 radical (unpaired) electrons. The van der Waals surface area contributed by atoms with Crippen LogP contribution in [0.3, 0.4) is 0 Å². The highest BCUT2D eigenvalue weighted by atomic mass is 32.2. The zero-order valence-electron chi connectivity index (χ0n) is 22.6. The lowest BCUT2D eigenvalue weighted by Crippen LogP contribution is -2.57. The fourth-order valence-electron chi connectivity index (χ4n) is 3.40. The Labute approximate surface area is 227 Å². The monoisotopic (exact) mass is 555 g/mol. The van der Waals surface area contributed by atoms with Crippen LogP contribution in [0.2, 0.25) is 0 Å². The number of carbonyl (C=O) groups excluding carboxylic acids is 4. The summed E-state index contributed by atoms with van der Waals surface area (Å²) in [4.78, 5) is 69.3. The van der Waals surface area contributed by atoms with Gasteiger partial charge in [-0.05, 0) is 36.7 Å². The highest BCUT2D eigenvalue weighted by Crippen LogP contribution is 2.09. The van der Waals surface area contributed by atoms with E-state index in [2.05, 4.69) is 31.2 Å². The first kappa shape index (κ1) is 32.9. The van der Waals surface area contributed by atoms with Crippen molar-refractivity contribution in [3.8, 4) is 0 Å². The number of carboxylic acid groups (broad SMARTS) is 1. The number of aliphatic carboxylic acids is 1. The van der Waals surface area contributed by atoms with Crippen LogP contribution in [0.1, 0.15) is 46.2 Å². The molecule has 0 aliphatic rings. The Morgan fingerprint density at radius 2 is 1.63 bits per heavy atom. The maximum atomic E-state index is 13.3. The van der Waals surface area contributed by atoms with Crippen molar-refractivity contribution >= 4 is 41.4 Å². The van der Waals surface area contributed by atoms with Gasteiger partial charge in [-0.1, -0.05) is 27.7 Å². The van der Waals surface area contributed by atoms with E-state index >= 15 is 0 Å². The van der Waals surface area contributed by atoms with Gasteiger partial charge < -0.3 is 37.1 Å². The lowest BCUT2D eigenvalue weighted by atomic mass is 10.0. The number of carboxylic acids is 1. The van der Waals surface area contributed by atoms with Gasteiger partial charge in [0.15, 0.2) is 0 Å². The normalized spacial score (nSPS) is 14.3. The Kier molecular flexibility index (Phi) is 14.4. The van der Waals surface area contributed by atoms with Crippen LogP contribution in [0.4, 0.5) is 0 Å². The number of aromatic amines is 1. The molecule has 214 valence electrons. The number of H-pyrrole nitrogens is 1. The Morgan fingerprint density at radius 1 is 1.00 bits per heavy atom. The summed E-state index contributed by atoms with van der Waals surface area (Å²) in [5.41, 5.74) is 6.35. The topological polar surface area (TPSA) is 208 Å². The minimum Gasteiger partial charge on any atom is -0.480 e. The summed E-state index contributed by atoms with van der Waals surface area (Å²) in [6.45, 7) is 6.89. The van der Waals surface area contributed by atoms with Crippen molar-refractivity contribution in [2.24, 2.45) is 17.6 Å². The summed E-state index contributed by atoms with van der Waals surface area (Å²) in [5, 5.41) is 19.7. The molecule has 1 rings (SSSR count). The van der Waals surface area contributed by atoms with Crippen LogP contribution < -0.4 is 27.0 Å². The third kappa shape index (κ3) is 11.9. The predicted octanol–water partition coefficient (Wildman–Crippen LogP) is -0.610. The molecule has 38 heavy (non-hydrogen) atoms. The van der Waals surface area contributed by atoms with Crippen LogP contribution in [-0.4, -0.2) is 87.4 Å². The molecule has 4 atom stereocenters. The fourth-order valence-corrected chi connectivity index (χ4v) is 3.87. The minimum atomic E-state index is -1.16. The van der Waals surface area contributed by atoms with Gasteiger partial charge in [-0.15, -0.1) is 0 Å². The van der Waals surface area contributed by atoms with Gasteiger partial charge in [0.25, 0.3) is 0 Å². The molecule has 0 saturated heterocycles. The van der Waals surface area contributed by atoms with Crippen molar-refractivity contribution in [1.29, 1.82) is 0 Å². The highest BCUT2D eigenvalue weighted by molar-refractivity contribution is 7.98. The average Bonchev–Trinajstić information content (AvgIpc) is 3.36. The van der Waals surface area contributed by atoms with Crippen LogP contribution in [0.5, 0.6) is 0 Å². The summed E-state index contributed by atoms with van der Waals surface area (Å²) in [6, 6.07) is -4.01. The molecule has 1 aromatic rings. The second-order valence-electron chi connectivity index (χ2n) is 9.76. The largest absolute Gasteiger partial charge is 0.480 e. The lowest BCUT2D eigenvalue weighted by Gasteiger charge is -2.25. The van der Waals surface area contributed by atoms with Crippen molar-refractivity contribution in [2.45, 2.75) is 71.1 Å². The number of nitrogens with one attached hydrogen (secondary N) is 5. The maximum Gasteiger partial charge on any atom is 0.326 e. The van der Waals surface area contributed by atoms with Crippen molar-refractivity contribution in [3.63, 3.8) is 0 Å². The molecule has 0 aromatic carbocycles. The number of thioether (sulfide) groups is 1. The highest BCUT2D eigenvalue weighted by Gasteiger charge is 2.30. The zero-order valence-corrected chi connectivity index (χ0v) is 23.4. The number of carbonyl (C=O) groups is 5. The van der Waals surface area contributed by atoms with E-state index in [0.29, 0.717) is 11.4 Å². The molecule has 0 unspecified atom stereocenters. The average molecular weight is 556 g/mol. The molecule has 4 amide bonds. The number of hydrogen-bond acceptors (Lipinski definition) is 8. The summed E-state index contributed by atoms with van der Waals surface area (Å²) >= 11 is 1.46. The van der Waals surface area contributed by atoms with Gasteiger partial charge in [0.2, 0.25) is 23.6 Å². The molecule has 1 heterocycles. The third-order valence-corrected chi connectivity index (χ3v) is 6.28. The van der Waals surface area contributed by atoms with Gasteiger partial charge in [-0.25, -0.2) is 9.78 Å². The quantitative estimate of drug-likeness (QED) is 0.131. The van der Waals surface area contributed by atoms with Gasteiger partial charge in [-0.3, -0.25) is 19.2 Å². The molecule has 0 aliphatic heterocycles. The Balaban J connectivity index is 2.98. The summed E-state index contributed by atoms with van der Waals surface area (Å²) in [6.07, 6.45) is 5.28. The standard InChI is InChI=1S/C24H41N7O6S/c1-13(2)8-17(21(33)30-16(24(36)37)6-7-38-5)31-22(34)18(9-15-10-26-12-28-15)29-19(32)11-27-23(35)20(25)14(3)4/h10,12-14,16-18,20H,6-9,11,25H2,1-5H3,(H,26,28)(H,27,35)(H,29,32)(H,30,33)(H,31,34)(H,36,37)/t16-,17-,18-,20-/m0/s1. The van der Waals surface area contributed by atoms with Crippen molar-refractivity contribution in [1.82, 2.24) is 31.2 Å². The molecule has 13 nitrogen and oxygen atoms in total. The van der Waals surface area contributed by atoms with Crippen LogP contribution in [0.25, 0.3) is 0 Å². The molecule has 0 bridgehead atoms. The summed E-state index contributed by atoms with van der Waals surface area (Å²) in [7, 11) is 0. The first-order valence-corrected chi connectivity index (χ1v) is 13.9. The number of nitrogens with zero attached hydrogens (tertiary/aromatic N) is 1. The van der Waals surface area contributed by atoms with Crippen LogP contribution in [0.15, 0.2) is 12.5 Å². The van der Waals surface area contributed by atoms with Gasteiger partial charge in [0, 0.05) is 18.3 Å². The molecule has 8 N–H and O–H groups in total. The molecular formula is C24H41N7O6S. The van der Waals surface area contributed by atoms with E-state index in [9.17, 15) is 29.1 Å². The Bertz CT molecular complexity index is 925. The second-order valence-corrected chi connectivity index (χ2v) is 10.7. The van der Waals surface area contributed by atoms with Gasteiger partial charge in [0.05, 0.1) is 18.9 Å². The van der Waals surface area contributed by atoms with E-state index in [-0.39, 0.29) is 31.1 Å². The Hall–Kier alpha value is -3.13. The van der Waals surface area contributed by atoms with Gasteiger partial charge >= 0.3 is 5.97 Å². The zero-order chi connectivity index (χ0) is 28.8. The van der Waals surface area contributed by atoms with Crippen LogP contribution in [-0.2, 0) is 30.4 Å². The number of hydrogen-bond donors (Lipinski definition) is 7. The van der Waals surface area contributed by atoms with Gasteiger partial charge in [-0.2, -0.15) is 11.8 Å². The lowest BCUT2D eigenvalue weighted by molar-refractivity contribution is -0.142. The number of imidazole rings is 1. The first-order chi connectivity index (χ1) is 17.8. The molecule has 0 fully saturated rings. The molecule has 0 saturated carbocycles. The number of amides is 4. The van der Waals surface area contributed by atoms with Crippen LogP contribution >= 0.6 is 11.8 Å². The smallest absolute Gasteiger partial charge is 0.326 e. The molecular weight excluding hydrogens is 514 g/mol. The van der Waals surface area contributed by atoms with E-state index in [1.807, 2.05) is 20.1 Å². The van der Waals surface area contributed by atoms with E-state index in [1.54, 1.807) is 13.8 Å². The molecule has 14 heteroatoms. The third-order valence-electron chi connectivity index (χ3n) is 5.64. The summed E-state index contributed by atoms with van der Waals surface area (Å²) in [5.74, 6) is -3.13. The van der Waals surface area contributed by atoms with Crippen LogP contribution in [0, 0.1) is 11.8 Å². The van der Waals surface area contributed by atoms with E-state index < -0.39 is 60.3 Å². The molecule has 0 aliphatic carbocycles.